The van der Waals surface area contributed by atoms with Crippen LogP contribution in [-0.2, 0) is 9.53 Å². The number of pyridine rings is 1. The average Bonchev–Trinajstić information content (AvgIpc) is 2.33. The van der Waals surface area contributed by atoms with Gasteiger partial charge in [0.25, 0.3) is 0 Å². The highest BCUT2D eigenvalue weighted by Gasteiger charge is 2.27. The Hall–Kier alpha value is -1.63. The summed E-state index contributed by atoms with van der Waals surface area (Å²) in [6.45, 7) is 8.99. The molecule has 1 unspecified atom stereocenters. The average molecular weight is 372 g/mol. The number of halogens is 1. The number of anilines is 1. The van der Waals surface area contributed by atoms with Gasteiger partial charge in [0.2, 0.25) is 5.91 Å². The van der Waals surface area contributed by atoms with Crippen molar-refractivity contribution < 1.29 is 14.3 Å². The molecule has 0 saturated heterocycles. The van der Waals surface area contributed by atoms with Gasteiger partial charge < -0.3 is 15.4 Å². The zero-order valence-corrected chi connectivity index (χ0v) is 15.0. The Morgan fingerprint density at radius 3 is 2.41 bits per heavy atom. The molecule has 2 N–H and O–H groups in total. The second kappa shape index (κ2) is 7.58. The number of carbonyl (C=O) groups excluding carboxylic acids is 2. The first kappa shape index (κ1) is 18.4. The molecule has 0 saturated carbocycles. The number of ether oxygens (including phenoxy) is 1. The molecule has 0 aromatic carbocycles. The second-order valence-corrected chi connectivity index (χ2v) is 7.02. The molecule has 122 valence electrons. The smallest absolute Gasteiger partial charge is 0.408 e. The third-order valence-electron chi connectivity index (χ3n) is 2.59. The molecular formula is C15H22BrN3O3. The zero-order chi connectivity index (χ0) is 16.9. The van der Waals surface area contributed by atoms with E-state index in [9.17, 15) is 9.59 Å². The molecule has 0 aliphatic carbocycles. The number of nitrogens with zero attached hydrogens (tertiary/aromatic N) is 1. The van der Waals surface area contributed by atoms with E-state index in [1.54, 1.807) is 39.0 Å². The standard InChI is InChI=1S/C15H22BrN3O3/c1-9(2)12(19-14(21)22-15(3,4)5)13(20)18-11-8-6-7-10(16)17-11/h6-9,12H,1-5H3,(H,19,21)(H,17,18,20). The number of amides is 2. The van der Waals surface area contributed by atoms with Crippen molar-refractivity contribution in [2.24, 2.45) is 5.92 Å². The van der Waals surface area contributed by atoms with Gasteiger partial charge in [-0.1, -0.05) is 19.9 Å². The van der Waals surface area contributed by atoms with E-state index in [0.717, 1.165) is 0 Å². The van der Waals surface area contributed by atoms with E-state index in [-0.39, 0.29) is 11.8 Å². The molecule has 1 atom stereocenters. The maximum atomic E-state index is 12.3. The van der Waals surface area contributed by atoms with Gasteiger partial charge in [-0.25, -0.2) is 9.78 Å². The molecule has 1 aromatic rings. The number of carbonyl (C=O) groups is 2. The minimum atomic E-state index is -0.712. The van der Waals surface area contributed by atoms with Crippen LogP contribution in [0.3, 0.4) is 0 Å². The first-order valence-corrected chi connectivity index (χ1v) is 7.81. The van der Waals surface area contributed by atoms with Crippen LogP contribution in [0.1, 0.15) is 34.6 Å². The van der Waals surface area contributed by atoms with Crippen LogP contribution < -0.4 is 10.6 Å². The summed E-state index contributed by atoms with van der Waals surface area (Å²) < 4.78 is 5.80. The predicted molar refractivity (Wildman–Crippen MR) is 88.6 cm³/mol. The number of hydrogen-bond acceptors (Lipinski definition) is 4. The Morgan fingerprint density at radius 2 is 1.91 bits per heavy atom. The van der Waals surface area contributed by atoms with Gasteiger partial charge in [-0.2, -0.15) is 0 Å². The predicted octanol–water partition coefficient (Wildman–Crippen LogP) is 3.33. The van der Waals surface area contributed by atoms with Crippen LogP contribution in [0.4, 0.5) is 10.6 Å². The van der Waals surface area contributed by atoms with Crippen molar-refractivity contribution in [2.75, 3.05) is 5.32 Å². The monoisotopic (exact) mass is 371 g/mol. The summed E-state index contributed by atoms with van der Waals surface area (Å²) in [6.07, 6.45) is -0.622. The molecule has 1 aromatic heterocycles. The van der Waals surface area contributed by atoms with E-state index in [4.69, 9.17) is 4.74 Å². The number of alkyl carbamates (subject to hydrolysis) is 1. The van der Waals surface area contributed by atoms with Crippen molar-refractivity contribution >= 4 is 33.7 Å². The molecule has 22 heavy (non-hydrogen) atoms. The quantitative estimate of drug-likeness (QED) is 0.795. The normalized spacial score (nSPS) is 12.7. The van der Waals surface area contributed by atoms with Crippen molar-refractivity contribution in [2.45, 2.75) is 46.3 Å². The van der Waals surface area contributed by atoms with Crippen LogP contribution in [0.5, 0.6) is 0 Å². The Labute approximate surface area is 139 Å². The van der Waals surface area contributed by atoms with Crippen molar-refractivity contribution in [3.05, 3.63) is 22.8 Å². The highest BCUT2D eigenvalue weighted by Crippen LogP contribution is 2.13. The first-order chi connectivity index (χ1) is 10.1. The Morgan fingerprint density at radius 1 is 1.27 bits per heavy atom. The summed E-state index contributed by atoms with van der Waals surface area (Å²) >= 11 is 3.24. The summed E-state index contributed by atoms with van der Waals surface area (Å²) in [5, 5.41) is 5.28. The van der Waals surface area contributed by atoms with Crippen molar-refractivity contribution in [1.82, 2.24) is 10.3 Å². The lowest BCUT2D eigenvalue weighted by molar-refractivity contribution is -0.119. The number of rotatable bonds is 4. The van der Waals surface area contributed by atoms with Gasteiger partial charge >= 0.3 is 6.09 Å². The van der Waals surface area contributed by atoms with Crippen LogP contribution in [0.15, 0.2) is 22.8 Å². The first-order valence-electron chi connectivity index (χ1n) is 7.01. The minimum absolute atomic E-state index is 0.0975. The molecule has 0 bridgehead atoms. The van der Waals surface area contributed by atoms with E-state index in [1.165, 1.54) is 0 Å². The number of aromatic nitrogens is 1. The van der Waals surface area contributed by atoms with Crippen molar-refractivity contribution in [3.8, 4) is 0 Å². The molecule has 0 fully saturated rings. The van der Waals surface area contributed by atoms with Crippen LogP contribution in [-0.4, -0.2) is 28.6 Å². The molecule has 0 aliphatic rings. The lowest BCUT2D eigenvalue weighted by Gasteiger charge is -2.25. The molecule has 0 aliphatic heterocycles. The largest absolute Gasteiger partial charge is 0.444 e. The third kappa shape index (κ3) is 6.43. The Bertz CT molecular complexity index is 541. The molecule has 6 nitrogen and oxygen atoms in total. The summed E-state index contributed by atoms with van der Waals surface area (Å²) in [4.78, 5) is 28.3. The van der Waals surface area contributed by atoms with E-state index in [1.807, 2.05) is 13.8 Å². The van der Waals surface area contributed by atoms with Crippen LogP contribution in [0, 0.1) is 5.92 Å². The van der Waals surface area contributed by atoms with Gasteiger partial charge in [0.05, 0.1) is 0 Å². The van der Waals surface area contributed by atoms with E-state index in [2.05, 4.69) is 31.5 Å². The SMILES string of the molecule is CC(C)C(NC(=O)OC(C)(C)C)C(=O)Nc1cccc(Br)n1. The van der Waals surface area contributed by atoms with Gasteiger partial charge in [-0.3, -0.25) is 4.79 Å². The number of hydrogen-bond donors (Lipinski definition) is 2. The maximum absolute atomic E-state index is 12.3. The van der Waals surface area contributed by atoms with Crippen LogP contribution >= 0.6 is 15.9 Å². The Kier molecular flexibility index (Phi) is 6.34. The molecule has 1 rings (SSSR count). The van der Waals surface area contributed by atoms with E-state index in [0.29, 0.717) is 10.4 Å². The molecule has 7 heteroatoms. The van der Waals surface area contributed by atoms with Crippen LogP contribution in [0.2, 0.25) is 0 Å². The van der Waals surface area contributed by atoms with Crippen molar-refractivity contribution in [1.29, 1.82) is 0 Å². The fourth-order valence-electron chi connectivity index (χ4n) is 1.65. The fraction of sp³-hybridized carbons (Fsp3) is 0.533. The van der Waals surface area contributed by atoms with Gasteiger partial charge in [0.1, 0.15) is 22.1 Å². The second-order valence-electron chi connectivity index (χ2n) is 6.20. The van der Waals surface area contributed by atoms with Crippen molar-refractivity contribution in [3.63, 3.8) is 0 Å². The lowest BCUT2D eigenvalue weighted by atomic mass is 10.0. The van der Waals surface area contributed by atoms with Crippen LogP contribution in [0.25, 0.3) is 0 Å². The van der Waals surface area contributed by atoms with E-state index < -0.39 is 17.7 Å². The highest BCUT2D eigenvalue weighted by molar-refractivity contribution is 9.10. The van der Waals surface area contributed by atoms with E-state index >= 15 is 0 Å². The van der Waals surface area contributed by atoms with Gasteiger partial charge in [0, 0.05) is 0 Å². The van der Waals surface area contributed by atoms with Gasteiger partial charge in [-0.05, 0) is 54.8 Å². The molecule has 2 amide bonds. The summed E-state index contributed by atoms with van der Waals surface area (Å²) in [5.74, 6) is -0.0258. The third-order valence-corrected chi connectivity index (χ3v) is 3.03. The minimum Gasteiger partial charge on any atom is -0.444 e. The van der Waals surface area contributed by atoms with Gasteiger partial charge in [0.15, 0.2) is 0 Å². The maximum Gasteiger partial charge on any atom is 0.408 e. The molecule has 0 spiro atoms. The molecule has 0 radical (unpaired) electrons. The van der Waals surface area contributed by atoms with Gasteiger partial charge in [-0.15, -0.1) is 0 Å². The lowest BCUT2D eigenvalue weighted by Crippen LogP contribution is -2.48. The molecular weight excluding hydrogens is 350 g/mol. The Balaban J connectivity index is 2.74. The summed E-state index contributed by atoms with van der Waals surface area (Å²) in [6, 6.07) is 4.48. The fourth-order valence-corrected chi connectivity index (χ4v) is 1.99. The summed E-state index contributed by atoms with van der Waals surface area (Å²) in [7, 11) is 0. The molecule has 1 heterocycles. The highest BCUT2D eigenvalue weighted by atomic mass is 79.9. The topological polar surface area (TPSA) is 80.3 Å². The summed E-state index contributed by atoms with van der Waals surface area (Å²) in [5.41, 5.74) is -0.617. The number of nitrogens with one attached hydrogen (secondary N) is 2. The zero-order valence-electron chi connectivity index (χ0n) is 13.4.